The molecule has 0 aliphatic heterocycles. The summed E-state index contributed by atoms with van der Waals surface area (Å²) in [5.74, 6) is -0.105. The SMILES string of the molecule is COCC[C@H](Oc1ccc(OCC(=O)O)c(C)c1)c1cccc(-c2ccc(C(F)(F)F)cc2)n1. The third-order valence-corrected chi connectivity index (χ3v) is 4.97. The molecule has 180 valence electrons. The van der Waals surface area contributed by atoms with E-state index >= 15 is 0 Å². The van der Waals surface area contributed by atoms with E-state index in [0.717, 1.165) is 12.1 Å². The largest absolute Gasteiger partial charge is 0.484 e. The molecule has 6 nitrogen and oxygen atoms in total. The number of aryl methyl sites for hydroxylation is 1. The van der Waals surface area contributed by atoms with E-state index in [9.17, 15) is 18.0 Å². The van der Waals surface area contributed by atoms with Crippen molar-refractivity contribution >= 4 is 5.97 Å². The molecular formula is C25H24F3NO5. The molecule has 1 aromatic heterocycles. The van der Waals surface area contributed by atoms with Crippen molar-refractivity contribution in [3.63, 3.8) is 0 Å². The minimum absolute atomic E-state index is 0.398. The summed E-state index contributed by atoms with van der Waals surface area (Å²) in [7, 11) is 1.57. The van der Waals surface area contributed by atoms with Crippen molar-refractivity contribution in [3.8, 4) is 22.8 Å². The first kappa shape index (κ1) is 25.0. The highest BCUT2D eigenvalue weighted by Crippen LogP contribution is 2.32. The molecular weight excluding hydrogens is 451 g/mol. The number of ether oxygens (including phenoxy) is 3. The molecule has 34 heavy (non-hydrogen) atoms. The van der Waals surface area contributed by atoms with Gasteiger partial charge in [-0.1, -0.05) is 18.2 Å². The first-order valence-electron chi connectivity index (χ1n) is 10.4. The number of hydrogen-bond donors (Lipinski definition) is 1. The van der Waals surface area contributed by atoms with Gasteiger partial charge in [-0.25, -0.2) is 9.78 Å². The Morgan fingerprint density at radius 3 is 2.44 bits per heavy atom. The number of hydrogen-bond acceptors (Lipinski definition) is 5. The first-order chi connectivity index (χ1) is 16.2. The van der Waals surface area contributed by atoms with Crippen molar-refractivity contribution in [2.45, 2.75) is 25.6 Å². The van der Waals surface area contributed by atoms with Gasteiger partial charge in [0.1, 0.15) is 17.6 Å². The lowest BCUT2D eigenvalue weighted by atomic mass is 10.1. The van der Waals surface area contributed by atoms with Crippen LogP contribution in [0.2, 0.25) is 0 Å². The molecule has 0 amide bonds. The van der Waals surface area contributed by atoms with Gasteiger partial charge in [0.25, 0.3) is 0 Å². The Bertz CT molecular complexity index is 1120. The predicted octanol–water partition coefficient (Wildman–Crippen LogP) is 5.70. The van der Waals surface area contributed by atoms with Gasteiger partial charge in [-0.05, 0) is 55.0 Å². The molecule has 0 bridgehead atoms. The van der Waals surface area contributed by atoms with Crippen LogP contribution in [0.25, 0.3) is 11.3 Å². The van der Waals surface area contributed by atoms with Crippen LogP contribution in [0.4, 0.5) is 13.2 Å². The zero-order valence-corrected chi connectivity index (χ0v) is 18.6. The van der Waals surface area contributed by atoms with Crippen molar-refractivity contribution in [2.24, 2.45) is 0 Å². The summed E-state index contributed by atoms with van der Waals surface area (Å²) in [5, 5.41) is 8.78. The number of rotatable bonds is 10. The fourth-order valence-electron chi connectivity index (χ4n) is 3.27. The number of halogens is 3. The summed E-state index contributed by atoms with van der Waals surface area (Å²) in [6.07, 6.45) is -4.41. The molecule has 0 spiro atoms. The molecule has 0 unspecified atom stereocenters. The lowest BCUT2D eigenvalue weighted by Crippen LogP contribution is -2.13. The van der Waals surface area contributed by atoms with Crippen LogP contribution in [0.3, 0.4) is 0 Å². The van der Waals surface area contributed by atoms with Gasteiger partial charge >= 0.3 is 12.1 Å². The van der Waals surface area contributed by atoms with Gasteiger partial charge in [0, 0.05) is 19.1 Å². The molecule has 0 saturated heterocycles. The predicted molar refractivity (Wildman–Crippen MR) is 119 cm³/mol. The quantitative estimate of drug-likeness (QED) is 0.406. The zero-order chi connectivity index (χ0) is 24.7. The number of carboxylic acid groups (broad SMARTS) is 1. The van der Waals surface area contributed by atoms with Crippen molar-refractivity contribution in [1.29, 1.82) is 0 Å². The summed E-state index contributed by atoms with van der Waals surface area (Å²) in [4.78, 5) is 15.3. The van der Waals surface area contributed by atoms with Crippen LogP contribution < -0.4 is 9.47 Å². The van der Waals surface area contributed by atoms with Gasteiger partial charge in [0.05, 0.1) is 23.6 Å². The lowest BCUT2D eigenvalue weighted by Gasteiger charge is -2.20. The summed E-state index contributed by atoms with van der Waals surface area (Å²) in [6.45, 7) is 1.73. The monoisotopic (exact) mass is 475 g/mol. The fraction of sp³-hybridized carbons (Fsp3) is 0.280. The summed E-state index contributed by atoms with van der Waals surface area (Å²) in [6, 6.07) is 15.1. The van der Waals surface area contributed by atoms with Gasteiger partial charge in [-0.15, -0.1) is 0 Å². The molecule has 0 aliphatic carbocycles. The normalized spacial score (nSPS) is 12.3. The van der Waals surface area contributed by atoms with Crippen LogP contribution in [0.5, 0.6) is 11.5 Å². The summed E-state index contributed by atoms with van der Waals surface area (Å²) < 4.78 is 55.2. The van der Waals surface area contributed by atoms with Gasteiger partial charge in [0.2, 0.25) is 0 Å². The van der Waals surface area contributed by atoms with Gasteiger partial charge in [0.15, 0.2) is 6.61 Å². The van der Waals surface area contributed by atoms with E-state index in [1.807, 2.05) is 0 Å². The Balaban J connectivity index is 1.83. The van der Waals surface area contributed by atoms with Crippen LogP contribution in [0, 0.1) is 6.92 Å². The van der Waals surface area contributed by atoms with Gasteiger partial charge in [-0.3, -0.25) is 0 Å². The first-order valence-corrected chi connectivity index (χ1v) is 10.4. The van der Waals surface area contributed by atoms with E-state index in [4.69, 9.17) is 19.3 Å². The highest BCUT2D eigenvalue weighted by atomic mass is 19.4. The molecule has 1 atom stereocenters. The Hall–Kier alpha value is -3.59. The van der Waals surface area contributed by atoms with Crippen LogP contribution in [0.15, 0.2) is 60.7 Å². The topological polar surface area (TPSA) is 77.9 Å². The molecule has 0 saturated carbocycles. The maximum Gasteiger partial charge on any atom is 0.416 e. The molecule has 2 aromatic carbocycles. The summed E-state index contributed by atoms with van der Waals surface area (Å²) in [5.41, 5.74) is 1.65. The minimum Gasteiger partial charge on any atom is -0.484 e. The Morgan fingerprint density at radius 1 is 1.09 bits per heavy atom. The Labute approximate surface area is 194 Å². The number of carboxylic acids is 1. The van der Waals surface area contributed by atoms with Gasteiger partial charge in [-0.2, -0.15) is 13.2 Å². The second-order valence-electron chi connectivity index (χ2n) is 7.52. The number of aliphatic carboxylic acids is 1. The maximum atomic E-state index is 12.9. The number of aromatic nitrogens is 1. The number of pyridine rings is 1. The van der Waals surface area contributed by atoms with E-state index in [-0.39, 0.29) is 0 Å². The second-order valence-corrected chi connectivity index (χ2v) is 7.52. The van der Waals surface area contributed by atoms with Crippen LogP contribution in [0.1, 0.15) is 29.3 Å². The maximum absolute atomic E-state index is 12.9. The van der Waals surface area contributed by atoms with E-state index < -0.39 is 30.4 Å². The third-order valence-electron chi connectivity index (χ3n) is 4.97. The summed E-state index contributed by atoms with van der Waals surface area (Å²) >= 11 is 0. The standard InChI is InChI=1S/C25H24F3NO5/c1-16-14-19(10-11-22(16)33-15-24(30)31)34-23(12-13-32-2)21-5-3-4-20(29-21)17-6-8-18(9-7-17)25(26,27)28/h3-11,14,23H,12-13,15H2,1-2H3,(H,30,31)/t23-/m0/s1. The molecule has 1 heterocycles. The average molecular weight is 475 g/mol. The molecule has 0 radical (unpaired) electrons. The zero-order valence-electron chi connectivity index (χ0n) is 18.6. The van der Waals surface area contributed by atoms with Crippen LogP contribution in [-0.4, -0.2) is 36.4 Å². The third kappa shape index (κ3) is 6.71. The smallest absolute Gasteiger partial charge is 0.416 e. The fourth-order valence-corrected chi connectivity index (χ4v) is 3.27. The van der Waals surface area contributed by atoms with E-state index in [2.05, 4.69) is 4.98 Å². The average Bonchev–Trinajstić information content (AvgIpc) is 2.80. The molecule has 3 aromatic rings. The van der Waals surface area contributed by atoms with Crippen molar-refractivity contribution in [1.82, 2.24) is 4.98 Å². The second kappa shape index (κ2) is 11.0. The van der Waals surface area contributed by atoms with E-state index in [1.165, 1.54) is 12.1 Å². The van der Waals surface area contributed by atoms with Crippen LogP contribution in [-0.2, 0) is 15.7 Å². The number of carbonyl (C=O) groups is 1. The van der Waals surface area contributed by atoms with Crippen molar-refractivity contribution < 1.29 is 37.3 Å². The van der Waals surface area contributed by atoms with E-state index in [1.54, 1.807) is 50.4 Å². The number of methoxy groups -OCH3 is 1. The lowest BCUT2D eigenvalue weighted by molar-refractivity contribution is -0.139. The number of nitrogens with zero attached hydrogens (tertiary/aromatic N) is 1. The van der Waals surface area contributed by atoms with Crippen LogP contribution >= 0.6 is 0 Å². The van der Waals surface area contributed by atoms with Crippen molar-refractivity contribution in [3.05, 3.63) is 77.5 Å². The molecule has 9 heteroatoms. The number of benzene rings is 2. The van der Waals surface area contributed by atoms with E-state index in [0.29, 0.717) is 47.0 Å². The highest BCUT2D eigenvalue weighted by molar-refractivity contribution is 5.68. The molecule has 1 N–H and O–H groups in total. The Morgan fingerprint density at radius 2 is 1.82 bits per heavy atom. The molecule has 0 fully saturated rings. The Kier molecular flexibility index (Phi) is 8.12. The molecule has 0 aliphatic rings. The highest BCUT2D eigenvalue weighted by Gasteiger charge is 2.30. The molecule has 3 rings (SSSR count). The minimum atomic E-state index is -4.40. The number of alkyl halides is 3. The van der Waals surface area contributed by atoms with Gasteiger partial charge < -0.3 is 19.3 Å². The van der Waals surface area contributed by atoms with Crippen molar-refractivity contribution in [2.75, 3.05) is 20.3 Å².